The fourth-order valence-electron chi connectivity index (χ4n) is 0. The second-order valence-electron chi connectivity index (χ2n) is 2.48. The van der Waals surface area contributed by atoms with Crippen LogP contribution in [0.4, 0.5) is 4.39 Å². The van der Waals surface area contributed by atoms with E-state index in [-0.39, 0.29) is 0 Å². The van der Waals surface area contributed by atoms with Crippen LogP contribution in [0.25, 0.3) is 0 Å². The minimum atomic E-state index is -1.17. The Kier molecular flexibility index (Phi) is 10.2. The van der Waals surface area contributed by atoms with Crippen LogP contribution < -0.4 is 5.73 Å². The molecule has 0 fully saturated rings. The standard InChI is InChI=1S/C5H12.C2H6FN/c1-4-5(2)3;1-2(3)4/h5H,4H2,1-3H3;2H,4H2,1H3. The third-order valence-corrected chi connectivity index (χ3v) is 0.816. The van der Waals surface area contributed by atoms with Crippen LogP contribution in [0.3, 0.4) is 0 Å². The summed E-state index contributed by atoms with van der Waals surface area (Å²) in [5, 5.41) is 0. The fourth-order valence-corrected chi connectivity index (χ4v) is 0. The summed E-state index contributed by atoms with van der Waals surface area (Å²) in [6.45, 7) is 7.92. The molecule has 1 atom stereocenters. The van der Waals surface area contributed by atoms with Gasteiger partial charge in [0.2, 0.25) is 0 Å². The summed E-state index contributed by atoms with van der Waals surface area (Å²) < 4.78 is 10.8. The molecule has 1 nitrogen and oxygen atoms in total. The lowest BCUT2D eigenvalue weighted by atomic mass is 10.2. The molecule has 0 aliphatic carbocycles. The van der Waals surface area contributed by atoms with Crippen LogP contribution in [0.5, 0.6) is 0 Å². The van der Waals surface area contributed by atoms with E-state index in [0.29, 0.717) is 0 Å². The van der Waals surface area contributed by atoms with Crippen molar-refractivity contribution in [2.75, 3.05) is 0 Å². The smallest absolute Gasteiger partial charge is 0.145 e. The third kappa shape index (κ3) is 76.6. The molecule has 0 saturated carbocycles. The van der Waals surface area contributed by atoms with Crippen molar-refractivity contribution in [2.24, 2.45) is 11.7 Å². The predicted molar refractivity (Wildman–Crippen MR) is 39.9 cm³/mol. The van der Waals surface area contributed by atoms with Crippen molar-refractivity contribution in [3.8, 4) is 0 Å². The number of rotatable bonds is 1. The van der Waals surface area contributed by atoms with Gasteiger partial charge >= 0.3 is 0 Å². The van der Waals surface area contributed by atoms with Gasteiger partial charge in [-0.1, -0.05) is 27.2 Å². The molecule has 0 rings (SSSR count). The van der Waals surface area contributed by atoms with E-state index in [1.165, 1.54) is 13.3 Å². The Hall–Kier alpha value is -0.110. The van der Waals surface area contributed by atoms with Crippen LogP contribution in [-0.4, -0.2) is 6.30 Å². The van der Waals surface area contributed by atoms with Crippen LogP contribution in [0.2, 0.25) is 0 Å². The maximum absolute atomic E-state index is 10.8. The van der Waals surface area contributed by atoms with E-state index in [0.717, 1.165) is 5.92 Å². The highest BCUT2D eigenvalue weighted by Crippen LogP contribution is 1.93. The Labute approximate surface area is 57.4 Å². The average molecular weight is 135 g/mol. The second-order valence-corrected chi connectivity index (χ2v) is 2.48. The molecule has 0 aliphatic heterocycles. The Bertz CT molecular complexity index is 41.4. The number of alkyl halides is 1. The van der Waals surface area contributed by atoms with E-state index < -0.39 is 6.30 Å². The first-order valence-electron chi connectivity index (χ1n) is 3.40. The highest BCUT2D eigenvalue weighted by Gasteiger charge is 1.80. The van der Waals surface area contributed by atoms with Crippen molar-refractivity contribution < 1.29 is 4.39 Å². The van der Waals surface area contributed by atoms with E-state index in [2.05, 4.69) is 26.5 Å². The number of hydrogen-bond donors (Lipinski definition) is 1. The molecule has 0 saturated heterocycles. The van der Waals surface area contributed by atoms with Crippen LogP contribution in [-0.2, 0) is 0 Å². The molecule has 2 N–H and O–H groups in total. The van der Waals surface area contributed by atoms with Gasteiger partial charge in [-0.2, -0.15) is 0 Å². The Balaban J connectivity index is 0. The van der Waals surface area contributed by atoms with Crippen molar-refractivity contribution in [1.82, 2.24) is 0 Å². The molecule has 0 aliphatic rings. The molecule has 58 valence electrons. The van der Waals surface area contributed by atoms with Crippen LogP contribution in [0.1, 0.15) is 34.1 Å². The summed E-state index contributed by atoms with van der Waals surface area (Å²) in [6, 6.07) is 0. The Morgan fingerprint density at radius 3 is 1.44 bits per heavy atom. The maximum Gasteiger partial charge on any atom is 0.145 e. The van der Waals surface area contributed by atoms with Gasteiger partial charge in [0.25, 0.3) is 0 Å². The number of halogens is 1. The normalized spacial score (nSPS) is 12.3. The molecule has 0 aromatic rings. The summed E-state index contributed by atoms with van der Waals surface area (Å²) in [6.07, 6.45) is 0.139. The minimum Gasteiger partial charge on any atom is -0.302 e. The fraction of sp³-hybridized carbons (Fsp3) is 1.00. The molecule has 1 unspecified atom stereocenters. The van der Waals surface area contributed by atoms with Gasteiger partial charge in [-0.3, -0.25) is 0 Å². The summed E-state index contributed by atoms with van der Waals surface area (Å²) in [4.78, 5) is 0. The first kappa shape index (κ1) is 11.7. The maximum atomic E-state index is 10.8. The van der Waals surface area contributed by atoms with Gasteiger partial charge in [0, 0.05) is 0 Å². The summed E-state index contributed by atoms with van der Waals surface area (Å²) >= 11 is 0. The molecular formula is C7H18FN. The SMILES string of the molecule is CC(N)F.CCC(C)C. The van der Waals surface area contributed by atoms with Gasteiger partial charge in [0.15, 0.2) is 0 Å². The van der Waals surface area contributed by atoms with Gasteiger partial charge < -0.3 is 5.73 Å². The quantitative estimate of drug-likeness (QED) is 0.548. The largest absolute Gasteiger partial charge is 0.302 e. The number of nitrogens with two attached hydrogens (primary N) is 1. The lowest BCUT2D eigenvalue weighted by Gasteiger charge is -1.90. The molecule has 0 heterocycles. The first-order valence-corrected chi connectivity index (χ1v) is 3.40. The van der Waals surface area contributed by atoms with Crippen LogP contribution in [0, 0.1) is 5.92 Å². The van der Waals surface area contributed by atoms with E-state index >= 15 is 0 Å². The van der Waals surface area contributed by atoms with E-state index in [1.54, 1.807) is 0 Å². The molecule has 0 aromatic heterocycles. The molecule has 9 heavy (non-hydrogen) atoms. The van der Waals surface area contributed by atoms with Gasteiger partial charge in [0.05, 0.1) is 0 Å². The molecule has 0 bridgehead atoms. The summed E-state index contributed by atoms with van der Waals surface area (Å²) in [7, 11) is 0. The highest BCUT2D eigenvalue weighted by atomic mass is 19.1. The average Bonchev–Trinajstić information content (AvgIpc) is 1.65. The molecular weight excluding hydrogens is 117 g/mol. The predicted octanol–water partition coefficient (Wildman–Crippen LogP) is 2.31. The van der Waals surface area contributed by atoms with E-state index in [1.807, 2.05) is 0 Å². The highest BCUT2D eigenvalue weighted by molar-refractivity contribution is 4.32. The monoisotopic (exact) mass is 135 g/mol. The van der Waals surface area contributed by atoms with Crippen molar-refractivity contribution in [3.05, 3.63) is 0 Å². The molecule has 0 amide bonds. The van der Waals surface area contributed by atoms with Crippen molar-refractivity contribution >= 4 is 0 Å². The van der Waals surface area contributed by atoms with Crippen LogP contribution >= 0.6 is 0 Å². The molecule has 0 spiro atoms. The van der Waals surface area contributed by atoms with Crippen molar-refractivity contribution in [1.29, 1.82) is 0 Å². The minimum absolute atomic E-state index is 0.884. The lowest BCUT2D eigenvalue weighted by molar-refractivity contribution is 0.374. The first-order chi connectivity index (χ1) is 4.00. The van der Waals surface area contributed by atoms with E-state index in [4.69, 9.17) is 0 Å². The topological polar surface area (TPSA) is 26.0 Å². The van der Waals surface area contributed by atoms with Crippen molar-refractivity contribution in [2.45, 2.75) is 40.4 Å². The molecule has 0 radical (unpaired) electrons. The Morgan fingerprint density at radius 1 is 1.33 bits per heavy atom. The van der Waals surface area contributed by atoms with Gasteiger partial charge in [-0.25, -0.2) is 4.39 Å². The zero-order chi connectivity index (χ0) is 7.86. The summed E-state index contributed by atoms with van der Waals surface area (Å²) in [5.74, 6) is 0.884. The second kappa shape index (κ2) is 7.89. The van der Waals surface area contributed by atoms with Crippen molar-refractivity contribution in [3.63, 3.8) is 0 Å². The van der Waals surface area contributed by atoms with Crippen LogP contribution in [0.15, 0.2) is 0 Å². The van der Waals surface area contributed by atoms with E-state index in [9.17, 15) is 4.39 Å². The van der Waals surface area contributed by atoms with Gasteiger partial charge in [-0.05, 0) is 12.8 Å². The zero-order valence-corrected chi connectivity index (χ0v) is 6.82. The summed E-state index contributed by atoms with van der Waals surface area (Å²) in [5.41, 5.74) is 4.44. The number of hydrogen-bond acceptors (Lipinski definition) is 1. The Morgan fingerprint density at radius 2 is 1.44 bits per heavy atom. The van der Waals surface area contributed by atoms with Gasteiger partial charge in [-0.15, -0.1) is 0 Å². The molecule has 0 aromatic carbocycles. The third-order valence-electron chi connectivity index (χ3n) is 0.816. The molecule has 2 heteroatoms. The van der Waals surface area contributed by atoms with Gasteiger partial charge in [0.1, 0.15) is 6.30 Å². The lowest BCUT2D eigenvalue weighted by Crippen LogP contribution is -2.04. The zero-order valence-electron chi connectivity index (χ0n) is 6.82.